The summed E-state index contributed by atoms with van der Waals surface area (Å²) < 4.78 is 68.4. The number of carbonyl (C=O) groups excluding carboxylic acids is 4. The van der Waals surface area contributed by atoms with Gasteiger partial charge in [0.25, 0.3) is 0 Å². The Morgan fingerprint density at radius 3 is 0.772 bits per heavy atom. The maximum atomic E-state index is 13.0. The van der Waals surface area contributed by atoms with Gasteiger partial charge in [-0.05, 0) is 49.4 Å². The average molecular weight is 1350 g/mol. The van der Waals surface area contributed by atoms with Crippen LogP contribution < -0.4 is 0 Å². The topological polar surface area (TPSA) is 237 Å². The molecule has 6 atom stereocenters. The number of ether oxygens (including phenoxy) is 4. The van der Waals surface area contributed by atoms with Crippen LogP contribution in [-0.4, -0.2) is 96.7 Å². The number of hydrogen-bond acceptors (Lipinski definition) is 15. The molecule has 0 aromatic carbocycles. The molecule has 3 unspecified atom stereocenters. The van der Waals surface area contributed by atoms with Crippen LogP contribution >= 0.6 is 15.6 Å². The number of rotatable bonds is 70. The van der Waals surface area contributed by atoms with Crippen molar-refractivity contribution in [3.63, 3.8) is 0 Å². The summed E-state index contributed by atoms with van der Waals surface area (Å²) in [6.07, 6.45) is 45.9. The third-order valence-corrected chi connectivity index (χ3v) is 19.1. The average Bonchev–Trinajstić information content (AvgIpc) is 2.50. The van der Waals surface area contributed by atoms with Crippen molar-refractivity contribution in [3.8, 4) is 0 Å². The van der Waals surface area contributed by atoms with Crippen molar-refractivity contribution in [2.75, 3.05) is 39.6 Å². The van der Waals surface area contributed by atoms with Crippen LogP contribution in [0.4, 0.5) is 0 Å². The van der Waals surface area contributed by atoms with Crippen molar-refractivity contribution >= 4 is 39.5 Å². The standard InChI is InChI=1S/C73H142O17P2/c1-9-66(8)52-44-36-31-32-38-46-54-71(76)84-60-69(90-73(78)55-47-39-28-22-18-13-11-10-12-16-20-25-33-41-49-63(2)3)62-88-92(81,82)86-58-67(74)57-85-91(79,80)87-61-68(59-83-70(75)53-45-37-30-24-27-35-43-51-65(6)7)89-72(77)56-48-40-29-23-19-15-14-17-21-26-34-42-50-64(4)5/h63-69,74H,9-62H2,1-8H3,(H,79,80)(H,81,82)/t66?,67-,68-,69-/m1/s1. The van der Waals surface area contributed by atoms with Gasteiger partial charge >= 0.3 is 39.5 Å². The van der Waals surface area contributed by atoms with Gasteiger partial charge in [-0.1, -0.05) is 312 Å². The molecule has 0 heterocycles. The van der Waals surface area contributed by atoms with Gasteiger partial charge in [-0.15, -0.1) is 0 Å². The Balaban J connectivity index is 5.23. The molecule has 3 N–H and O–H groups in total. The molecule has 0 radical (unpaired) electrons. The highest BCUT2D eigenvalue weighted by Crippen LogP contribution is 2.45. The fourth-order valence-corrected chi connectivity index (χ4v) is 12.6. The lowest BCUT2D eigenvalue weighted by atomic mass is 10.00. The largest absolute Gasteiger partial charge is 0.472 e. The zero-order chi connectivity index (χ0) is 68.2. The van der Waals surface area contributed by atoms with Gasteiger partial charge in [0.1, 0.15) is 19.3 Å². The molecule has 0 aromatic heterocycles. The molecule has 0 fully saturated rings. The number of unbranched alkanes of at least 4 members (excludes halogenated alkanes) is 35. The first-order chi connectivity index (χ1) is 44.1. The van der Waals surface area contributed by atoms with E-state index in [1.165, 1.54) is 154 Å². The zero-order valence-electron chi connectivity index (χ0n) is 60.2. The van der Waals surface area contributed by atoms with Gasteiger partial charge in [-0.2, -0.15) is 0 Å². The second-order valence-electron chi connectivity index (χ2n) is 28.0. The Labute approximate surface area is 562 Å². The minimum Gasteiger partial charge on any atom is -0.462 e. The van der Waals surface area contributed by atoms with Gasteiger partial charge in [0.05, 0.1) is 26.4 Å². The molecule has 92 heavy (non-hydrogen) atoms. The van der Waals surface area contributed by atoms with E-state index in [-0.39, 0.29) is 25.7 Å². The van der Waals surface area contributed by atoms with Gasteiger partial charge in [0.15, 0.2) is 12.2 Å². The molecule has 17 nitrogen and oxygen atoms in total. The summed E-state index contributed by atoms with van der Waals surface area (Å²) >= 11 is 0. The van der Waals surface area contributed by atoms with E-state index in [2.05, 4.69) is 55.4 Å². The van der Waals surface area contributed by atoms with Gasteiger partial charge in [-0.25, -0.2) is 9.13 Å². The first kappa shape index (κ1) is 90.1. The molecule has 0 aromatic rings. The summed E-state index contributed by atoms with van der Waals surface area (Å²) in [6, 6.07) is 0. The lowest BCUT2D eigenvalue weighted by Crippen LogP contribution is -2.30. The van der Waals surface area contributed by atoms with Gasteiger partial charge in [0.2, 0.25) is 0 Å². The van der Waals surface area contributed by atoms with Crippen LogP contribution in [0.1, 0.15) is 364 Å². The second-order valence-corrected chi connectivity index (χ2v) is 30.9. The Morgan fingerprint density at radius 2 is 0.522 bits per heavy atom. The van der Waals surface area contributed by atoms with Crippen molar-refractivity contribution in [1.29, 1.82) is 0 Å². The van der Waals surface area contributed by atoms with Crippen LogP contribution in [0.2, 0.25) is 0 Å². The van der Waals surface area contributed by atoms with Crippen molar-refractivity contribution in [3.05, 3.63) is 0 Å². The molecule has 19 heteroatoms. The Hall–Kier alpha value is -1.94. The minimum atomic E-state index is -4.95. The van der Waals surface area contributed by atoms with Gasteiger partial charge in [0, 0.05) is 25.7 Å². The number of phosphoric acid groups is 2. The summed E-state index contributed by atoms with van der Waals surface area (Å²) in [5, 5.41) is 10.6. The second kappa shape index (κ2) is 62.6. The fourth-order valence-electron chi connectivity index (χ4n) is 11.0. The van der Waals surface area contributed by atoms with Crippen molar-refractivity contribution in [2.45, 2.75) is 382 Å². The molecule has 0 bridgehead atoms. The maximum Gasteiger partial charge on any atom is 0.472 e. The molecule has 0 saturated heterocycles. The summed E-state index contributed by atoms with van der Waals surface area (Å²) in [5.74, 6) is 0.881. The molecular formula is C73H142O17P2. The Morgan fingerprint density at radius 1 is 0.304 bits per heavy atom. The van der Waals surface area contributed by atoms with Crippen LogP contribution in [0.25, 0.3) is 0 Å². The highest BCUT2D eigenvalue weighted by Gasteiger charge is 2.30. The predicted molar refractivity (Wildman–Crippen MR) is 372 cm³/mol. The number of phosphoric ester groups is 2. The molecule has 0 aliphatic rings. The number of hydrogen-bond donors (Lipinski definition) is 3. The lowest BCUT2D eigenvalue weighted by molar-refractivity contribution is -0.161. The predicted octanol–water partition coefficient (Wildman–Crippen LogP) is 20.9. The molecular weight excluding hydrogens is 1210 g/mol. The number of carbonyl (C=O) groups is 4. The number of aliphatic hydroxyl groups excluding tert-OH is 1. The molecule has 546 valence electrons. The summed E-state index contributed by atoms with van der Waals surface area (Å²) in [6.45, 7) is 14.1. The first-order valence-electron chi connectivity index (χ1n) is 37.7. The molecule has 0 aliphatic carbocycles. The van der Waals surface area contributed by atoms with E-state index in [0.717, 1.165) is 120 Å². The fraction of sp³-hybridized carbons (Fsp3) is 0.945. The molecule has 0 spiro atoms. The zero-order valence-corrected chi connectivity index (χ0v) is 62.0. The van der Waals surface area contributed by atoms with Crippen LogP contribution in [0.5, 0.6) is 0 Å². The third kappa shape index (κ3) is 65.4. The first-order valence-corrected chi connectivity index (χ1v) is 40.7. The van der Waals surface area contributed by atoms with Crippen LogP contribution in [-0.2, 0) is 65.4 Å². The van der Waals surface area contributed by atoms with E-state index in [1.807, 2.05) is 0 Å². The van der Waals surface area contributed by atoms with E-state index < -0.39 is 97.5 Å². The van der Waals surface area contributed by atoms with Gasteiger partial charge in [-0.3, -0.25) is 37.3 Å². The SMILES string of the molecule is CCC(C)CCCCCCCCC(=O)OC[C@H](COP(=O)(O)OC[C@H](O)COP(=O)(O)OC[C@@H](COC(=O)CCCCCCCCCC(C)C)OC(=O)CCCCCCCCCCCCCCC(C)C)OC(=O)CCCCCCCCCCCCCCCCC(C)C. The Kier molecular flexibility index (Phi) is 61.3. The van der Waals surface area contributed by atoms with E-state index in [1.54, 1.807) is 0 Å². The normalized spacial score (nSPS) is 14.5. The van der Waals surface area contributed by atoms with Crippen LogP contribution in [0, 0.1) is 23.7 Å². The van der Waals surface area contributed by atoms with E-state index in [9.17, 15) is 43.2 Å². The van der Waals surface area contributed by atoms with Crippen molar-refractivity contribution in [1.82, 2.24) is 0 Å². The number of esters is 4. The third-order valence-electron chi connectivity index (χ3n) is 17.2. The maximum absolute atomic E-state index is 13.0. The van der Waals surface area contributed by atoms with E-state index in [4.69, 9.17) is 37.0 Å². The van der Waals surface area contributed by atoms with Crippen molar-refractivity contribution < 1.29 is 80.2 Å². The summed E-state index contributed by atoms with van der Waals surface area (Å²) in [4.78, 5) is 72.6. The molecule has 0 amide bonds. The quantitative estimate of drug-likeness (QED) is 0.0222. The highest BCUT2D eigenvalue weighted by molar-refractivity contribution is 7.47. The monoisotopic (exact) mass is 1350 g/mol. The lowest BCUT2D eigenvalue weighted by Gasteiger charge is -2.21. The minimum absolute atomic E-state index is 0.105. The van der Waals surface area contributed by atoms with Crippen LogP contribution in [0.15, 0.2) is 0 Å². The summed E-state index contributed by atoms with van der Waals surface area (Å²) in [5.41, 5.74) is 0. The van der Waals surface area contributed by atoms with Crippen molar-refractivity contribution in [2.24, 2.45) is 23.7 Å². The van der Waals surface area contributed by atoms with Crippen LogP contribution in [0.3, 0.4) is 0 Å². The number of aliphatic hydroxyl groups is 1. The van der Waals surface area contributed by atoms with E-state index >= 15 is 0 Å². The molecule has 0 rings (SSSR count). The highest BCUT2D eigenvalue weighted by atomic mass is 31.2. The molecule has 0 aliphatic heterocycles. The summed E-state index contributed by atoms with van der Waals surface area (Å²) in [7, 11) is -9.91. The smallest absolute Gasteiger partial charge is 0.462 e. The van der Waals surface area contributed by atoms with E-state index in [0.29, 0.717) is 31.6 Å². The molecule has 0 saturated carbocycles. The van der Waals surface area contributed by atoms with Gasteiger partial charge < -0.3 is 33.8 Å². The Bertz CT molecular complexity index is 1820.